The van der Waals surface area contributed by atoms with Gasteiger partial charge in [-0.1, -0.05) is 24.3 Å². The molecule has 0 aromatic carbocycles. The minimum atomic E-state index is -0.521. The van der Waals surface area contributed by atoms with Gasteiger partial charge in [0.05, 0.1) is 13.2 Å². The van der Waals surface area contributed by atoms with Crippen molar-refractivity contribution in [2.45, 2.75) is 38.6 Å². The number of rotatable bonds is 4. The van der Waals surface area contributed by atoms with Crippen LogP contribution in [-0.4, -0.2) is 55.9 Å². The molecule has 2 fully saturated rings. The van der Waals surface area contributed by atoms with Crippen LogP contribution in [0.15, 0.2) is 24.3 Å². The lowest BCUT2D eigenvalue weighted by Crippen LogP contribution is -2.43. The lowest BCUT2D eigenvalue weighted by atomic mass is 9.77. The highest BCUT2D eigenvalue weighted by atomic mass is 16.6. The Kier molecular flexibility index (Phi) is 5.78. The maximum atomic E-state index is 12.7. The second-order valence-corrected chi connectivity index (χ2v) is 7.24. The summed E-state index contributed by atoms with van der Waals surface area (Å²) in [7, 11) is 0. The van der Waals surface area contributed by atoms with Gasteiger partial charge in [-0.15, -0.1) is 0 Å². The van der Waals surface area contributed by atoms with Crippen LogP contribution in [0.3, 0.4) is 0 Å². The SMILES string of the molecule is CCOC(=O)C1CC2(CCNCC2)CN1C(=O)OCC1C=CC=CC1. The molecule has 0 saturated carbocycles. The van der Waals surface area contributed by atoms with Crippen molar-refractivity contribution in [3.05, 3.63) is 24.3 Å². The van der Waals surface area contributed by atoms with Crippen molar-refractivity contribution in [1.82, 2.24) is 10.2 Å². The van der Waals surface area contributed by atoms with Gasteiger partial charge in [0.2, 0.25) is 0 Å². The summed E-state index contributed by atoms with van der Waals surface area (Å²) >= 11 is 0. The van der Waals surface area contributed by atoms with Gasteiger partial charge in [-0.2, -0.15) is 0 Å². The van der Waals surface area contributed by atoms with Gasteiger partial charge in [0.1, 0.15) is 6.04 Å². The Morgan fingerprint density at radius 1 is 1.24 bits per heavy atom. The molecule has 2 saturated heterocycles. The zero-order chi connectivity index (χ0) is 17.7. The number of esters is 1. The van der Waals surface area contributed by atoms with Crippen molar-refractivity contribution < 1.29 is 19.1 Å². The zero-order valence-corrected chi connectivity index (χ0v) is 14.9. The Morgan fingerprint density at radius 2 is 2.04 bits per heavy atom. The minimum Gasteiger partial charge on any atom is -0.464 e. The summed E-state index contributed by atoms with van der Waals surface area (Å²) < 4.78 is 10.7. The van der Waals surface area contributed by atoms with E-state index in [4.69, 9.17) is 9.47 Å². The number of piperidine rings is 1. The molecule has 1 spiro atoms. The van der Waals surface area contributed by atoms with Gasteiger partial charge < -0.3 is 14.8 Å². The Balaban J connectivity index is 1.64. The van der Waals surface area contributed by atoms with E-state index in [1.54, 1.807) is 11.8 Å². The van der Waals surface area contributed by atoms with E-state index in [1.807, 2.05) is 18.2 Å². The van der Waals surface area contributed by atoms with Gasteiger partial charge in [0.25, 0.3) is 0 Å². The smallest absolute Gasteiger partial charge is 0.410 e. The van der Waals surface area contributed by atoms with Crippen LogP contribution in [0.2, 0.25) is 0 Å². The molecule has 6 heteroatoms. The van der Waals surface area contributed by atoms with Gasteiger partial charge in [0, 0.05) is 12.5 Å². The number of ether oxygens (including phenoxy) is 2. The molecule has 2 aliphatic heterocycles. The first-order chi connectivity index (χ1) is 12.1. The molecule has 0 radical (unpaired) electrons. The minimum absolute atomic E-state index is 0.00910. The first-order valence-corrected chi connectivity index (χ1v) is 9.28. The molecule has 6 nitrogen and oxygen atoms in total. The molecule has 138 valence electrons. The van der Waals surface area contributed by atoms with E-state index in [-0.39, 0.29) is 17.3 Å². The summed E-state index contributed by atoms with van der Waals surface area (Å²) in [5, 5.41) is 3.35. The van der Waals surface area contributed by atoms with Crippen LogP contribution in [-0.2, 0) is 14.3 Å². The van der Waals surface area contributed by atoms with Crippen LogP contribution >= 0.6 is 0 Å². The second-order valence-electron chi connectivity index (χ2n) is 7.24. The highest BCUT2D eigenvalue weighted by Crippen LogP contribution is 2.42. The third kappa shape index (κ3) is 4.24. The standard InChI is InChI=1S/C19H28N2O4/c1-2-24-17(22)16-12-19(8-10-20-11-9-19)14-21(16)18(23)25-13-15-6-4-3-5-7-15/h3-6,15-16,20H,2,7-14H2,1H3. The molecule has 2 unspecified atom stereocenters. The third-order valence-corrected chi connectivity index (χ3v) is 5.46. The number of hydrogen-bond acceptors (Lipinski definition) is 5. The van der Waals surface area contributed by atoms with E-state index >= 15 is 0 Å². The van der Waals surface area contributed by atoms with Gasteiger partial charge in [0.15, 0.2) is 0 Å². The quantitative estimate of drug-likeness (QED) is 0.790. The van der Waals surface area contributed by atoms with Crippen LogP contribution < -0.4 is 5.32 Å². The van der Waals surface area contributed by atoms with Crippen molar-refractivity contribution in [3.8, 4) is 0 Å². The first-order valence-electron chi connectivity index (χ1n) is 9.28. The fourth-order valence-corrected chi connectivity index (χ4v) is 4.03. The molecule has 2 heterocycles. The van der Waals surface area contributed by atoms with Gasteiger partial charge in [-0.05, 0) is 51.1 Å². The van der Waals surface area contributed by atoms with E-state index in [9.17, 15) is 9.59 Å². The largest absolute Gasteiger partial charge is 0.464 e. The van der Waals surface area contributed by atoms with Crippen molar-refractivity contribution in [1.29, 1.82) is 0 Å². The number of carbonyl (C=O) groups excluding carboxylic acids is 2. The average Bonchev–Trinajstić information content (AvgIpc) is 3.00. The molecular formula is C19H28N2O4. The normalized spacial score (nSPS) is 27.5. The first kappa shape index (κ1) is 18.0. The van der Waals surface area contributed by atoms with E-state index in [0.29, 0.717) is 26.2 Å². The molecule has 0 aromatic heterocycles. The maximum absolute atomic E-state index is 12.7. The molecule has 0 aromatic rings. The fourth-order valence-electron chi connectivity index (χ4n) is 4.03. The molecule has 25 heavy (non-hydrogen) atoms. The summed E-state index contributed by atoms with van der Waals surface area (Å²) in [6.45, 7) is 4.90. The number of hydrogen-bond donors (Lipinski definition) is 1. The van der Waals surface area contributed by atoms with Crippen LogP contribution in [0.25, 0.3) is 0 Å². The fraction of sp³-hybridized carbons (Fsp3) is 0.684. The summed E-state index contributed by atoms with van der Waals surface area (Å²) in [5.41, 5.74) is 0.00910. The van der Waals surface area contributed by atoms with Crippen LogP contribution in [0.4, 0.5) is 4.79 Å². The predicted molar refractivity (Wildman–Crippen MR) is 94.0 cm³/mol. The lowest BCUT2D eigenvalue weighted by Gasteiger charge is -2.33. The topological polar surface area (TPSA) is 67.9 Å². The van der Waals surface area contributed by atoms with E-state index in [2.05, 4.69) is 11.4 Å². The molecule has 1 amide bonds. The molecule has 3 rings (SSSR count). The van der Waals surface area contributed by atoms with Gasteiger partial charge >= 0.3 is 12.1 Å². The zero-order valence-electron chi connectivity index (χ0n) is 14.9. The number of nitrogens with one attached hydrogen (secondary N) is 1. The summed E-state index contributed by atoms with van der Waals surface area (Å²) in [5.74, 6) is -0.0965. The van der Waals surface area contributed by atoms with Crippen molar-refractivity contribution in [3.63, 3.8) is 0 Å². The van der Waals surface area contributed by atoms with E-state index in [0.717, 1.165) is 32.4 Å². The lowest BCUT2D eigenvalue weighted by molar-refractivity contribution is -0.148. The van der Waals surface area contributed by atoms with Gasteiger partial charge in [-0.25, -0.2) is 9.59 Å². The third-order valence-electron chi connectivity index (χ3n) is 5.46. The van der Waals surface area contributed by atoms with Crippen LogP contribution in [0, 0.1) is 11.3 Å². The summed E-state index contributed by atoms with van der Waals surface area (Å²) in [6.07, 6.45) is 11.2. The average molecular weight is 348 g/mol. The highest BCUT2D eigenvalue weighted by molar-refractivity contribution is 5.82. The number of carbonyl (C=O) groups is 2. The Labute approximate surface area is 149 Å². The summed E-state index contributed by atoms with van der Waals surface area (Å²) in [4.78, 5) is 26.7. The van der Waals surface area contributed by atoms with Crippen LogP contribution in [0.5, 0.6) is 0 Å². The molecule has 2 atom stereocenters. The van der Waals surface area contributed by atoms with E-state index < -0.39 is 12.1 Å². The Bertz CT molecular complexity index is 552. The Morgan fingerprint density at radius 3 is 2.72 bits per heavy atom. The maximum Gasteiger partial charge on any atom is 0.410 e. The van der Waals surface area contributed by atoms with Crippen molar-refractivity contribution >= 4 is 12.1 Å². The monoisotopic (exact) mass is 348 g/mol. The summed E-state index contributed by atoms with van der Waals surface area (Å²) in [6, 6.07) is -0.521. The Hall–Kier alpha value is -1.82. The van der Waals surface area contributed by atoms with Gasteiger partial charge in [-0.3, -0.25) is 4.90 Å². The number of allylic oxidation sites excluding steroid dienone is 3. The molecule has 1 aliphatic carbocycles. The second kappa shape index (κ2) is 8.04. The number of amides is 1. The highest BCUT2D eigenvalue weighted by Gasteiger charge is 2.50. The number of likely N-dealkylation sites (tertiary alicyclic amines) is 1. The molecular weight excluding hydrogens is 320 g/mol. The molecule has 1 N–H and O–H groups in total. The number of nitrogens with zero attached hydrogens (tertiary/aromatic N) is 1. The van der Waals surface area contributed by atoms with E-state index in [1.165, 1.54) is 0 Å². The van der Waals surface area contributed by atoms with Crippen LogP contribution in [0.1, 0.15) is 32.6 Å². The van der Waals surface area contributed by atoms with Crippen molar-refractivity contribution in [2.75, 3.05) is 32.8 Å². The molecule has 3 aliphatic rings. The van der Waals surface area contributed by atoms with Crippen molar-refractivity contribution in [2.24, 2.45) is 11.3 Å². The predicted octanol–water partition coefficient (Wildman–Crippen LogP) is 2.26. The molecule has 0 bridgehead atoms.